The molecule has 3 rings (SSSR count). The van der Waals surface area contributed by atoms with Crippen LogP contribution in [0.2, 0.25) is 5.02 Å². The van der Waals surface area contributed by atoms with Crippen LogP contribution in [0.1, 0.15) is 5.56 Å². The number of hydrogen-bond acceptors (Lipinski definition) is 3. The lowest BCUT2D eigenvalue weighted by molar-refractivity contribution is -0.917. The van der Waals surface area contributed by atoms with Gasteiger partial charge in [0.2, 0.25) is 10.0 Å². The van der Waals surface area contributed by atoms with Gasteiger partial charge < -0.3 is 9.64 Å². The van der Waals surface area contributed by atoms with Crippen molar-refractivity contribution < 1.29 is 18.1 Å². The number of piperazine rings is 1. The minimum absolute atomic E-state index is 0.258. The number of nitrogens with zero attached hydrogens (tertiary/aromatic N) is 1. The van der Waals surface area contributed by atoms with Crippen molar-refractivity contribution in [3.63, 3.8) is 0 Å². The Bertz CT molecular complexity index is 834. The maximum absolute atomic E-state index is 12.7. The third-order valence-electron chi connectivity index (χ3n) is 4.50. The fraction of sp³-hybridized carbons (Fsp3) is 0.333. The van der Waals surface area contributed by atoms with Crippen molar-refractivity contribution in [1.29, 1.82) is 0 Å². The predicted octanol–water partition coefficient (Wildman–Crippen LogP) is 1.44. The number of benzene rings is 2. The van der Waals surface area contributed by atoms with Crippen LogP contribution in [0, 0.1) is 0 Å². The molecule has 1 heterocycles. The van der Waals surface area contributed by atoms with Crippen molar-refractivity contribution in [3.05, 3.63) is 59.1 Å². The molecule has 5 nitrogen and oxygen atoms in total. The molecule has 0 aliphatic carbocycles. The average molecular weight is 382 g/mol. The Balaban J connectivity index is 1.65. The molecule has 134 valence electrons. The topological polar surface area (TPSA) is 51.1 Å². The van der Waals surface area contributed by atoms with Crippen LogP contribution in [-0.2, 0) is 16.6 Å². The number of methoxy groups -OCH3 is 1. The number of para-hydroxylation sites is 1. The minimum Gasteiger partial charge on any atom is -0.496 e. The maximum Gasteiger partial charge on any atom is 0.243 e. The highest BCUT2D eigenvalue weighted by atomic mass is 35.5. The lowest BCUT2D eigenvalue weighted by Crippen LogP contribution is -3.13. The molecule has 1 aliphatic rings. The number of halogens is 1. The van der Waals surface area contributed by atoms with Crippen LogP contribution in [0.3, 0.4) is 0 Å². The summed E-state index contributed by atoms with van der Waals surface area (Å²) in [5, 5.41) is 0.432. The van der Waals surface area contributed by atoms with Crippen LogP contribution < -0.4 is 9.64 Å². The normalized spacial score (nSPS) is 16.7. The zero-order valence-electron chi connectivity index (χ0n) is 14.1. The van der Waals surface area contributed by atoms with E-state index in [1.54, 1.807) is 29.6 Å². The number of ether oxygens (including phenoxy) is 1. The lowest BCUT2D eigenvalue weighted by Gasteiger charge is -2.31. The summed E-state index contributed by atoms with van der Waals surface area (Å²) >= 11 is 5.93. The fourth-order valence-electron chi connectivity index (χ4n) is 3.11. The summed E-state index contributed by atoms with van der Waals surface area (Å²) in [7, 11) is -1.81. The lowest BCUT2D eigenvalue weighted by atomic mass is 10.2. The first kappa shape index (κ1) is 18.2. The first-order valence-corrected chi connectivity index (χ1v) is 10.0. The van der Waals surface area contributed by atoms with Crippen LogP contribution in [0.15, 0.2) is 53.4 Å². The summed E-state index contributed by atoms with van der Waals surface area (Å²) in [6.07, 6.45) is 0. The van der Waals surface area contributed by atoms with Gasteiger partial charge in [0.1, 0.15) is 12.3 Å². The quantitative estimate of drug-likeness (QED) is 0.852. The molecule has 1 fully saturated rings. The molecule has 0 saturated carbocycles. The molecule has 1 aliphatic heterocycles. The highest BCUT2D eigenvalue weighted by Gasteiger charge is 2.30. The molecule has 0 radical (unpaired) electrons. The summed E-state index contributed by atoms with van der Waals surface area (Å²) in [6.45, 7) is 3.35. The van der Waals surface area contributed by atoms with E-state index in [1.165, 1.54) is 11.0 Å². The Hall–Kier alpha value is -1.60. The standard InChI is InChI=1S/C18H21ClN2O3S/c1-24-18-8-3-2-5-15(18)14-20-9-11-21(12-10-20)25(22,23)17-7-4-6-16(19)13-17/h2-8,13H,9-12,14H2,1H3/p+1. The molecule has 0 unspecified atom stereocenters. The Kier molecular flexibility index (Phi) is 5.64. The van der Waals surface area contributed by atoms with Crippen molar-refractivity contribution in [2.75, 3.05) is 33.3 Å². The van der Waals surface area contributed by atoms with Crippen LogP contribution in [-0.4, -0.2) is 46.0 Å². The van der Waals surface area contributed by atoms with E-state index < -0.39 is 10.0 Å². The first-order chi connectivity index (χ1) is 12.0. The molecule has 0 amide bonds. The van der Waals surface area contributed by atoms with E-state index in [-0.39, 0.29) is 4.90 Å². The van der Waals surface area contributed by atoms with Crippen molar-refractivity contribution in [2.24, 2.45) is 0 Å². The van der Waals surface area contributed by atoms with E-state index in [4.69, 9.17) is 16.3 Å². The third kappa shape index (κ3) is 4.15. The van der Waals surface area contributed by atoms with Crippen molar-refractivity contribution in [2.45, 2.75) is 11.4 Å². The van der Waals surface area contributed by atoms with E-state index in [0.29, 0.717) is 18.1 Å². The summed E-state index contributed by atoms with van der Waals surface area (Å²) < 4.78 is 32.4. The van der Waals surface area contributed by atoms with E-state index in [2.05, 4.69) is 6.07 Å². The zero-order chi connectivity index (χ0) is 17.9. The van der Waals surface area contributed by atoms with Gasteiger partial charge in [0.25, 0.3) is 0 Å². The van der Waals surface area contributed by atoms with Gasteiger partial charge in [-0.2, -0.15) is 4.31 Å². The second-order valence-corrected chi connectivity index (χ2v) is 8.47. The number of rotatable bonds is 5. The second kappa shape index (κ2) is 7.74. The summed E-state index contributed by atoms with van der Waals surface area (Å²) in [5.41, 5.74) is 1.14. The SMILES string of the molecule is COc1ccccc1C[NH+]1CCN(S(=O)(=O)c2cccc(Cl)c2)CC1. The van der Waals surface area contributed by atoms with Gasteiger partial charge in [0.15, 0.2) is 0 Å². The molecule has 2 aromatic rings. The molecule has 0 bridgehead atoms. The van der Waals surface area contributed by atoms with Crippen LogP contribution in [0.5, 0.6) is 5.75 Å². The van der Waals surface area contributed by atoms with Gasteiger partial charge in [0, 0.05) is 10.6 Å². The Morgan fingerprint density at radius 2 is 1.84 bits per heavy atom. The number of hydrogen-bond donors (Lipinski definition) is 1. The highest BCUT2D eigenvalue weighted by molar-refractivity contribution is 7.89. The Morgan fingerprint density at radius 3 is 2.52 bits per heavy atom. The van der Waals surface area contributed by atoms with Crippen LogP contribution >= 0.6 is 11.6 Å². The molecule has 7 heteroatoms. The van der Waals surface area contributed by atoms with Crippen LogP contribution in [0.4, 0.5) is 0 Å². The molecule has 25 heavy (non-hydrogen) atoms. The van der Waals surface area contributed by atoms with Gasteiger partial charge >= 0.3 is 0 Å². The summed E-state index contributed by atoms with van der Waals surface area (Å²) in [4.78, 5) is 1.61. The van der Waals surface area contributed by atoms with Crippen molar-refractivity contribution >= 4 is 21.6 Å². The van der Waals surface area contributed by atoms with E-state index >= 15 is 0 Å². The minimum atomic E-state index is -3.48. The monoisotopic (exact) mass is 381 g/mol. The summed E-state index contributed by atoms with van der Waals surface area (Å²) in [6, 6.07) is 14.4. The smallest absolute Gasteiger partial charge is 0.243 e. The van der Waals surface area contributed by atoms with Gasteiger partial charge in [-0.05, 0) is 30.3 Å². The Labute approximate surface area is 153 Å². The number of nitrogens with one attached hydrogen (secondary N) is 1. The van der Waals surface area contributed by atoms with Crippen molar-refractivity contribution in [1.82, 2.24) is 4.31 Å². The maximum atomic E-state index is 12.7. The largest absolute Gasteiger partial charge is 0.496 e. The fourth-order valence-corrected chi connectivity index (χ4v) is 4.86. The molecule has 1 saturated heterocycles. The zero-order valence-corrected chi connectivity index (χ0v) is 15.7. The molecule has 0 spiro atoms. The summed E-state index contributed by atoms with van der Waals surface area (Å²) in [5.74, 6) is 0.879. The average Bonchev–Trinajstić information content (AvgIpc) is 2.63. The third-order valence-corrected chi connectivity index (χ3v) is 6.63. The van der Waals surface area contributed by atoms with Crippen molar-refractivity contribution in [3.8, 4) is 5.75 Å². The van der Waals surface area contributed by atoms with Gasteiger partial charge in [-0.3, -0.25) is 0 Å². The molecule has 2 aromatic carbocycles. The molecular formula is C18H22ClN2O3S+. The molecule has 0 atom stereocenters. The second-order valence-electron chi connectivity index (χ2n) is 6.10. The molecule has 1 N–H and O–H groups in total. The van der Waals surface area contributed by atoms with Gasteiger partial charge in [-0.1, -0.05) is 29.8 Å². The van der Waals surface area contributed by atoms with Crippen LogP contribution in [0.25, 0.3) is 0 Å². The van der Waals surface area contributed by atoms with Gasteiger partial charge in [-0.15, -0.1) is 0 Å². The van der Waals surface area contributed by atoms with E-state index in [9.17, 15) is 8.42 Å². The van der Waals surface area contributed by atoms with Gasteiger partial charge in [-0.25, -0.2) is 8.42 Å². The Morgan fingerprint density at radius 1 is 1.12 bits per heavy atom. The molecule has 0 aromatic heterocycles. The van der Waals surface area contributed by atoms with E-state index in [0.717, 1.165) is 30.9 Å². The van der Waals surface area contributed by atoms with Gasteiger partial charge in [0.05, 0.1) is 38.2 Å². The first-order valence-electron chi connectivity index (χ1n) is 8.22. The number of quaternary nitrogens is 1. The molecular weight excluding hydrogens is 360 g/mol. The highest BCUT2D eigenvalue weighted by Crippen LogP contribution is 2.20. The number of sulfonamides is 1. The predicted molar refractivity (Wildman–Crippen MR) is 97.6 cm³/mol. The van der Waals surface area contributed by atoms with E-state index in [1.807, 2.05) is 18.2 Å².